The largest absolute Gasteiger partial charge is 0.482 e. The number of ether oxygens (including phenoxy) is 2. The fourth-order valence-corrected chi connectivity index (χ4v) is 4.13. The molecule has 0 saturated heterocycles. The molecule has 8 nitrogen and oxygen atoms in total. The Labute approximate surface area is 199 Å². The van der Waals surface area contributed by atoms with Crippen LogP contribution in [0.15, 0.2) is 83.8 Å². The van der Waals surface area contributed by atoms with Crippen LogP contribution in [0.4, 0.5) is 5.69 Å². The fraction of sp³-hybridized carbons (Fsp3) is 0.200. The highest BCUT2D eigenvalue weighted by Crippen LogP contribution is 2.24. The van der Waals surface area contributed by atoms with Gasteiger partial charge in [0.25, 0.3) is 15.9 Å². The number of carbonyl (C=O) groups is 2. The van der Waals surface area contributed by atoms with E-state index >= 15 is 0 Å². The van der Waals surface area contributed by atoms with E-state index in [9.17, 15) is 18.0 Å². The summed E-state index contributed by atoms with van der Waals surface area (Å²) in [5, 5.41) is 2.66. The van der Waals surface area contributed by atoms with E-state index in [1.54, 1.807) is 48.5 Å². The third kappa shape index (κ3) is 6.82. The number of nitrogens with one attached hydrogen (secondary N) is 1. The Kier molecular flexibility index (Phi) is 8.26. The van der Waals surface area contributed by atoms with Crippen molar-refractivity contribution in [1.82, 2.24) is 5.32 Å². The van der Waals surface area contributed by atoms with Crippen LogP contribution in [-0.4, -0.2) is 40.6 Å². The fourth-order valence-electron chi connectivity index (χ4n) is 2.94. The van der Waals surface area contributed by atoms with Crippen LogP contribution >= 0.6 is 0 Å². The molecule has 0 aromatic heterocycles. The van der Waals surface area contributed by atoms with Gasteiger partial charge in [0.1, 0.15) is 5.75 Å². The molecule has 178 valence electrons. The Morgan fingerprint density at radius 2 is 1.53 bits per heavy atom. The topological polar surface area (TPSA) is 102 Å². The molecule has 3 rings (SSSR count). The van der Waals surface area contributed by atoms with E-state index in [0.717, 1.165) is 11.1 Å². The van der Waals surface area contributed by atoms with E-state index in [0.29, 0.717) is 18.0 Å². The standard InChI is InChI=1S/C25H26N2O6S/c1-19-8-14-23(15-9-19)34(30,31)27(2)21-10-12-22(13-11-21)32-18-25(29)33-17-24(28)26-16-20-6-4-3-5-7-20/h3-15H,16-18H2,1-2H3,(H,26,28). The van der Waals surface area contributed by atoms with E-state index in [1.165, 1.54) is 11.4 Å². The lowest BCUT2D eigenvalue weighted by Crippen LogP contribution is -2.29. The lowest BCUT2D eigenvalue weighted by molar-refractivity contribution is -0.150. The van der Waals surface area contributed by atoms with Crippen LogP contribution in [0.3, 0.4) is 0 Å². The zero-order valence-electron chi connectivity index (χ0n) is 18.9. The van der Waals surface area contributed by atoms with Crippen molar-refractivity contribution in [3.63, 3.8) is 0 Å². The SMILES string of the molecule is Cc1ccc(S(=O)(=O)N(C)c2ccc(OCC(=O)OCC(=O)NCc3ccccc3)cc2)cc1. The van der Waals surface area contributed by atoms with Gasteiger partial charge in [0.2, 0.25) is 0 Å². The molecule has 0 atom stereocenters. The third-order valence-corrected chi connectivity index (χ3v) is 6.73. The predicted molar refractivity (Wildman–Crippen MR) is 128 cm³/mol. The number of amides is 1. The third-order valence-electron chi connectivity index (χ3n) is 4.93. The zero-order valence-corrected chi connectivity index (χ0v) is 19.7. The van der Waals surface area contributed by atoms with Gasteiger partial charge in [-0.1, -0.05) is 48.0 Å². The molecule has 0 aliphatic carbocycles. The highest BCUT2D eigenvalue weighted by atomic mass is 32.2. The van der Waals surface area contributed by atoms with Crippen LogP contribution in [0.1, 0.15) is 11.1 Å². The molecule has 0 spiro atoms. The first-order valence-electron chi connectivity index (χ1n) is 10.5. The minimum Gasteiger partial charge on any atom is -0.482 e. The highest BCUT2D eigenvalue weighted by molar-refractivity contribution is 7.92. The summed E-state index contributed by atoms with van der Waals surface area (Å²) in [5.74, 6) is -0.757. The molecule has 0 fully saturated rings. The average molecular weight is 483 g/mol. The van der Waals surface area contributed by atoms with Crippen molar-refractivity contribution in [3.8, 4) is 5.75 Å². The molecule has 0 saturated carbocycles. The van der Waals surface area contributed by atoms with Crippen LogP contribution in [0.2, 0.25) is 0 Å². The maximum absolute atomic E-state index is 12.8. The first-order valence-corrected chi connectivity index (χ1v) is 11.9. The van der Waals surface area contributed by atoms with Crippen molar-refractivity contribution in [1.29, 1.82) is 0 Å². The van der Waals surface area contributed by atoms with Crippen LogP contribution < -0.4 is 14.4 Å². The van der Waals surface area contributed by atoms with Crippen LogP contribution in [0.25, 0.3) is 0 Å². The number of benzene rings is 3. The molecule has 0 radical (unpaired) electrons. The van der Waals surface area contributed by atoms with Gasteiger partial charge in [-0.05, 0) is 48.9 Å². The first-order chi connectivity index (χ1) is 16.3. The molecule has 0 aliphatic heterocycles. The second kappa shape index (κ2) is 11.3. The summed E-state index contributed by atoms with van der Waals surface area (Å²) in [4.78, 5) is 23.9. The Morgan fingerprint density at radius 1 is 0.882 bits per heavy atom. The molecule has 1 amide bonds. The van der Waals surface area contributed by atoms with Crippen molar-refractivity contribution >= 4 is 27.6 Å². The average Bonchev–Trinajstić information content (AvgIpc) is 2.85. The Bertz CT molecular complexity index is 1210. The van der Waals surface area contributed by atoms with Crippen LogP contribution in [0, 0.1) is 6.92 Å². The summed E-state index contributed by atoms with van der Waals surface area (Å²) in [6.07, 6.45) is 0. The van der Waals surface area contributed by atoms with Gasteiger partial charge in [-0.3, -0.25) is 9.10 Å². The van der Waals surface area contributed by atoms with Gasteiger partial charge >= 0.3 is 5.97 Å². The number of hydrogen-bond donors (Lipinski definition) is 1. The number of anilines is 1. The summed E-state index contributed by atoms with van der Waals surface area (Å²) < 4.78 is 37.1. The molecule has 3 aromatic carbocycles. The van der Waals surface area contributed by atoms with Gasteiger partial charge in [-0.2, -0.15) is 0 Å². The number of esters is 1. The molecule has 34 heavy (non-hydrogen) atoms. The summed E-state index contributed by atoms with van der Waals surface area (Å²) in [6.45, 7) is 1.43. The van der Waals surface area contributed by atoms with E-state index < -0.39 is 28.5 Å². The molecule has 0 aliphatic rings. The maximum Gasteiger partial charge on any atom is 0.344 e. The minimum absolute atomic E-state index is 0.191. The van der Waals surface area contributed by atoms with Crippen LogP contribution in [-0.2, 0) is 30.9 Å². The molecule has 9 heteroatoms. The van der Waals surface area contributed by atoms with Crippen molar-refractivity contribution in [3.05, 3.63) is 90.0 Å². The molecular formula is C25H26N2O6S. The van der Waals surface area contributed by atoms with Gasteiger partial charge < -0.3 is 14.8 Å². The number of hydrogen-bond acceptors (Lipinski definition) is 6. The Morgan fingerprint density at radius 3 is 2.18 bits per heavy atom. The summed E-state index contributed by atoms with van der Waals surface area (Å²) in [5.41, 5.74) is 2.34. The Hall–Kier alpha value is -3.85. The molecule has 3 aromatic rings. The van der Waals surface area contributed by atoms with Crippen molar-refractivity contribution in [2.24, 2.45) is 0 Å². The summed E-state index contributed by atoms with van der Waals surface area (Å²) in [6, 6.07) is 22.2. The van der Waals surface area contributed by atoms with Crippen molar-refractivity contribution in [2.45, 2.75) is 18.4 Å². The lowest BCUT2D eigenvalue weighted by atomic mass is 10.2. The number of rotatable bonds is 10. The molecule has 0 unspecified atom stereocenters. The van der Waals surface area contributed by atoms with Crippen molar-refractivity contribution in [2.75, 3.05) is 24.6 Å². The molecule has 0 heterocycles. The van der Waals surface area contributed by atoms with E-state index in [2.05, 4.69) is 5.32 Å². The number of aryl methyl sites for hydroxylation is 1. The molecule has 1 N–H and O–H groups in total. The zero-order chi connectivity index (χ0) is 24.6. The number of nitrogens with zero attached hydrogens (tertiary/aromatic N) is 1. The Balaban J connectivity index is 1.45. The second-order valence-electron chi connectivity index (χ2n) is 7.49. The lowest BCUT2D eigenvalue weighted by Gasteiger charge is -2.20. The van der Waals surface area contributed by atoms with Crippen LogP contribution in [0.5, 0.6) is 5.75 Å². The predicted octanol–water partition coefficient (Wildman–Crippen LogP) is 3.06. The van der Waals surface area contributed by atoms with Crippen molar-refractivity contribution < 1.29 is 27.5 Å². The van der Waals surface area contributed by atoms with Gasteiger partial charge in [-0.15, -0.1) is 0 Å². The van der Waals surface area contributed by atoms with E-state index in [1.807, 2.05) is 37.3 Å². The van der Waals surface area contributed by atoms with Gasteiger partial charge in [-0.25, -0.2) is 13.2 Å². The van der Waals surface area contributed by atoms with E-state index in [4.69, 9.17) is 9.47 Å². The number of sulfonamides is 1. The highest BCUT2D eigenvalue weighted by Gasteiger charge is 2.21. The second-order valence-corrected chi connectivity index (χ2v) is 9.46. The first kappa shape index (κ1) is 24.8. The molecule has 0 bridgehead atoms. The summed E-state index contributed by atoms with van der Waals surface area (Å²) >= 11 is 0. The quantitative estimate of drug-likeness (QED) is 0.446. The minimum atomic E-state index is -3.70. The van der Waals surface area contributed by atoms with Gasteiger partial charge in [0.15, 0.2) is 13.2 Å². The summed E-state index contributed by atoms with van der Waals surface area (Å²) in [7, 11) is -2.24. The smallest absolute Gasteiger partial charge is 0.344 e. The molecular weight excluding hydrogens is 456 g/mol. The number of carbonyl (C=O) groups excluding carboxylic acids is 2. The normalized spacial score (nSPS) is 10.9. The van der Waals surface area contributed by atoms with Gasteiger partial charge in [0.05, 0.1) is 10.6 Å². The maximum atomic E-state index is 12.8. The monoisotopic (exact) mass is 482 g/mol. The van der Waals surface area contributed by atoms with E-state index in [-0.39, 0.29) is 11.5 Å². The van der Waals surface area contributed by atoms with Gasteiger partial charge in [0, 0.05) is 13.6 Å².